The van der Waals surface area contributed by atoms with Crippen LogP contribution in [0.1, 0.15) is 29.0 Å². The van der Waals surface area contributed by atoms with Crippen molar-refractivity contribution in [2.45, 2.75) is 24.7 Å². The summed E-state index contributed by atoms with van der Waals surface area (Å²) in [5.74, 6) is 0.0323. The second-order valence-electron chi connectivity index (χ2n) is 5.55. The van der Waals surface area contributed by atoms with Crippen LogP contribution in [0.3, 0.4) is 0 Å². The van der Waals surface area contributed by atoms with Crippen LogP contribution in [0.25, 0.3) is 0 Å². The van der Waals surface area contributed by atoms with Crippen LogP contribution >= 0.6 is 22.9 Å². The predicted octanol–water partition coefficient (Wildman–Crippen LogP) is 4.45. The minimum atomic E-state index is -3.77. The van der Waals surface area contributed by atoms with Crippen molar-refractivity contribution in [2.75, 3.05) is 4.72 Å². The molecule has 130 valence electrons. The molecule has 0 radical (unpaired) electrons. The minimum absolute atomic E-state index is 0.0323. The lowest BCUT2D eigenvalue weighted by molar-refractivity contribution is 0.600. The third-order valence-electron chi connectivity index (χ3n) is 3.84. The molecule has 0 amide bonds. The summed E-state index contributed by atoms with van der Waals surface area (Å²) >= 11 is 7.24. The molecule has 0 spiro atoms. The average Bonchev–Trinajstić information content (AvgIpc) is 3.05. The van der Waals surface area contributed by atoms with Gasteiger partial charge in [0.05, 0.1) is 4.90 Å². The van der Waals surface area contributed by atoms with Crippen LogP contribution < -0.4 is 4.72 Å². The summed E-state index contributed by atoms with van der Waals surface area (Å²) in [5, 5.41) is 9.47. The van der Waals surface area contributed by atoms with Crippen molar-refractivity contribution in [1.82, 2.24) is 10.2 Å². The highest BCUT2D eigenvalue weighted by atomic mass is 35.5. The van der Waals surface area contributed by atoms with E-state index < -0.39 is 10.0 Å². The van der Waals surface area contributed by atoms with Crippen molar-refractivity contribution in [3.05, 3.63) is 69.7 Å². The number of aromatic nitrogens is 2. The molecule has 0 aliphatic carbocycles. The second-order valence-corrected chi connectivity index (χ2v) is 8.61. The molecule has 3 aromatic rings. The Hall–Kier alpha value is -1.96. The Morgan fingerprint density at radius 1 is 1.08 bits per heavy atom. The second kappa shape index (κ2) is 7.11. The summed E-state index contributed by atoms with van der Waals surface area (Å²) in [5.41, 5.74) is 1.60. The topological polar surface area (TPSA) is 72.0 Å². The molecule has 1 aromatic heterocycles. The third kappa shape index (κ3) is 3.84. The number of nitrogens with zero attached hydrogens (tertiary/aromatic N) is 2. The molecule has 0 aliphatic heterocycles. The first-order valence-electron chi connectivity index (χ1n) is 7.55. The first kappa shape index (κ1) is 17.8. The van der Waals surface area contributed by atoms with E-state index in [4.69, 9.17) is 11.6 Å². The summed E-state index contributed by atoms with van der Waals surface area (Å²) in [6.45, 7) is 3.68. The van der Waals surface area contributed by atoms with Gasteiger partial charge < -0.3 is 0 Å². The number of anilines is 1. The van der Waals surface area contributed by atoms with E-state index in [0.717, 1.165) is 10.6 Å². The highest BCUT2D eigenvalue weighted by molar-refractivity contribution is 7.93. The van der Waals surface area contributed by atoms with E-state index in [1.54, 1.807) is 19.1 Å². The largest absolute Gasteiger partial charge is 0.264 e. The Balaban J connectivity index is 1.85. The molecule has 25 heavy (non-hydrogen) atoms. The first-order valence-corrected chi connectivity index (χ1v) is 10.2. The van der Waals surface area contributed by atoms with E-state index in [1.807, 2.05) is 37.3 Å². The van der Waals surface area contributed by atoms with E-state index in [9.17, 15) is 8.42 Å². The standard InChI is InChI=1S/C17H16ClN3O2S2/c1-11(13-7-4-3-5-8-13)16-19-20-17(24-16)21-25(22,23)15-10-6-9-14(18)12(15)2/h3-11H,1-2H3,(H,20,21). The molecular weight excluding hydrogens is 378 g/mol. The Kier molecular flexibility index (Phi) is 5.08. The van der Waals surface area contributed by atoms with Gasteiger partial charge in [-0.25, -0.2) is 8.42 Å². The van der Waals surface area contributed by atoms with Crippen molar-refractivity contribution in [3.63, 3.8) is 0 Å². The number of rotatable bonds is 5. The van der Waals surface area contributed by atoms with Crippen molar-refractivity contribution in [2.24, 2.45) is 0 Å². The zero-order valence-corrected chi connectivity index (χ0v) is 16.0. The van der Waals surface area contributed by atoms with Crippen molar-refractivity contribution >= 4 is 38.1 Å². The molecule has 1 atom stereocenters. The van der Waals surface area contributed by atoms with Gasteiger partial charge in [-0.15, -0.1) is 10.2 Å². The SMILES string of the molecule is Cc1c(Cl)cccc1S(=O)(=O)Nc1nnc(C(C)c2ccccc2)s1. The van der Waals surface area contributed by atoms with Crippen molar-refractivity contribution in [1.29, 1.82) is 0 Å². The number of hydrogen-bond donors (Lipinski definition) is 1. The fourth-order valence-electron chi connectivity index (χ4n) is 2.38. The van der Waals surface area contributed by atoms with Crippen LogP contribution in [0, 0.1) is 6.92 Å². The maximum Gasteiger partial charge on any atom is 0.264 e. The number of halogens is 1. The zero-order valence-electron chi connectivity index (χ0n) is 13.6. The number of sulfonamides is 1. The van der Waals surface area contributed by atoms with Gasteiger partial charge in [0.1, 0.15) is 5.01 Å². The van der Waals surface area contributed by atoms with Crippen molar-refractivity contribution in [3.8, 4) is 0 Å². The Morgan fingerprint density at radius 3 is 2.52 bits per heavy atom. The number of hydrogen-bond acceptors (Lipinski definition) is 5. The molecular formula is C17H16ClN3O2S2. The van der Waals surface area contributed by atoms with E-state index in [0.29, 0.717) is 10.6 Å². The maximum atomic E-state index is 12.6. The molecule has 0 saturated carbocycles. The summed E-state index contributed by atoms with van der Waals surface area (Å²) in [7, 11) is -3.77. The van der Waals surface area contributed by atoms with Gasteiger partial charge in [0.25, 0.3) is 10.0 Å². The molecule has 0 fully saturated rings. The molecule has 8 heteroatoms. The maximum absolute atomic E-state index is 12.6. The van der Waals surface area contributed by atoms with E-state index >= 15 is 0 Å². The molecule has 5 nitrogen and oxygen atoms in total. The molecule has 0 aliphatic rings. The number of nitrogens with one attached hydrogen (secondary N) is 1. The Bertz CT molecular complexity index is 988. The molecule has 2 aromatic carbocycles. The molecule has 0 saturated heterocycles. The van der Waals surface area contributed by atoms with Gasteiger partial charge in [-0.05, 0) is 30.2 Å². The molecule has 1 heterocycles. The predicted molar refractivity (Wildman–Crippen MR) is 101 cm³/mol. The van der Waals surface area contributed by atoms with Gasteiger partial charge in [0.15, 0.2) is 0 Å². The van der Waals surface area contributed by atoms with Crippen LogP contribution in [0.5, 0.6) is 0 Å². The van der Waals surface area contributed by atoms with E-state index in [-0.39, 0.29) is 15.9 Å². The van der Waals surface area contributed by atoms with Crippen LogP contribution in [0.4, 0.5) is 5.13 Å². The van der Waals surface area contributed by atoms with E-state index in [2.05, 4.69) is 14.9 Å². The quantitative estimate of drug-likeness (QED) is 0.694. The molecule has 3 rings (SSSR count). The molecule has 1 unspecified atom stereocenters. The zero-order chi connectivity index (χ0) is 18.0. The van der Waals surface area contributed by atoms with Crippen LogP contribution in [-0.2, 0) is 10.0 Å². The van der Waals surface area contributed by atoms with Gasteiger partial charge in [0.2, 0.25) is 5.13 Å². The monoisotopic (exact) mass is 393 g/mol. The summed E-state index contributed by atoms with van der Waals surface area (Å²) in [6.07, 6.45) is 0. The molecule has 1 N–H and O–H groups in total. The van der Waals surface area contributed by atoms with Gasteiger partial charge >= 0.3 is 0 Å². The molecule has 0 bridgehead atoms. The van der Waals surface area contributed by atoms with Gasteiger partial charge in [-0.1, -0.05) is 66.3 Å². The Morgan fingerprint density at radius 2 is 1.80 bits per heavy atom. The third-order valence-corrected chi connectivity index (χ3v) is 6.88. The fourth-order valence-corrected chi connectivity index (χ4v) is 4.94. The minimum Gasteiger partial charge on any atom is -0.253 e. The van der Waals surface area contributed by atoms with Crippen molar-refractivity contribution < 1.29 is 8.42 Å². The lowest BCUT2D eigenvalue weighted by Gasteiger charge is -2.09. The lowest BCUT2D eigenvalue weighted by atomic mass is 10.0. The van der Waals surface area contributed by atoms with Gasteiger partial charge in [-0.3, -0.25) is 4.72 Å². The van der Waals surface area contributed by atoms with Crippen LogP contribution in [0.2, 0.25) is 5.02 Å². The van der Waals surface area contributed by atoms with Crippen LogP contribution in [-0.4, -0.2) is 18.6 Å². The van der Waals surface area contributed by atoms with E-state index in [1.165, 1.54) is 17.4 Å². The normalized spacial score (nSPS) is 12.8. The average molecular weight is 394 g/mol. The first-order chi connectivity index (χ1) is 11.9. The Labute approximate surface area is 155 Å². The fraction of sp³-hybridized carbons (Fsp3) is 0.176. The summed E-state index contributed by atoms with van der Waals surface area (Å²) < 4.78 is 27.7. The van der Waals surface area contributed by atoms with Gasteiger partial charge in [-0.2, -0.15) is 0 Å². The highest BCUT2D eigenvalue weighted by Gasteiger charge is 2.21. The highest BCUT2D eigenvalue weighted by Crippen LogP contribution is 2.30. The van der Waals surface area contributed by atoms with Crippen LogP contribution in [0.15, 0.2) is 53.4 Å². The smallest absolute Gasteiger partial charge is 0.253 e. The summed E-state index contributed by atoms with van der Waals surface area (Å²) in [6, 6.07) is 14.6. The summed E-state index contributed by atoms with van der Waals surface area (Å²) in [4.78, 5) is 0.132. The lowest BCUT2D eigenvalue weighted by Crippen LogP contribution is -2.14. The number of benzene rings is 2. The van der Waals surface area contributed by atoms with Gasteiger partial charge in [0, 0.05) is 10.9 Å².